The molecule has 1 spiro atoms. The van der Waals surface area contributed by atoms with Gasteiger partial charge in [-0.15, -0.1) is 0 Å². The maximum absolute atomic E-state index is 16.2. The van der Waals surface area contributed by atoms with Crippen molar-refractivity contribution in [2.24, 2.45) is 5.92 Å². The van der Waals surface area contributed by atoms with Crippen LogP contribution in [0.1, 0.15) is 37.3 Å². The first kappa shape index (κ1) is 31.2. The highest BCUT2D eigenvalue weighted by Crippen LogP contribution is 2.60. The first-order valence-electron chi connectivity index (χ1n) is 15.5. The van der Waals surface area contributed by atoms with Crippen molar-refractivity contribution in [1.82, 2.24) is 9.47 Å². The molecule has 45 heavy (non-hydrogen) atoms. The van der Waals surface area contributed by atoms with Gasteiger partial charge < -0.3 is 28.5 Å². The fourth-order valence-electron chi connectivity index (χ4n) is 7.82. The molecule has 1 aromatic heterocycles. The molecule has 2 fully saturated rings. The second kappa shape index (κ2) is 11.8. The number of likely N-dealkylation sites (tertiary alicyclic amines) is 1. The maximum Gasteiger partial charge on any atom is 0.297 e. The third-order valence-corrected chi connectivity index (χ3v) is 12.3. The predicted octanol–water partition coefficient (Wildman–Crippen LogP) is 4.54. The summed E-state index contributed by atoms with van der Waals surface area (Å²) < 4.78 is 29.6. The normalized spacial score (nSPS) is 26.1. The summed E-state index contributed by atoms with van der Waals surface area (Å²) in [6, 6.07) is 17.9. The van der Waals surface area contributed by atoms with E-state index < -0.39 is 31.6 Å². The number of pyridine rings is 1. The summed E-state index contributed by atoms with van der Waals surface area (Å²) in [4.78, 5) is 44.4. The summed E-state index contributed by atoms with van der Waals surface area (Å²) >= 11 is 0. The Kier molecular flexibility index (Phi) is 8.21. The Balaban J connectivity index is 1.34. The number of hydrogen-bond donors (Lipinski definition) is 1. The number of rotatable bonds is 8. The Bertz CT molecular complexity index is 1670. The van der Waals surface area contributed by atoms with Crippen LogP contribution in [-0.4, -0.2) is 67.2 Å². The summed E-state index contributed by atoms with van der Waals surface area (Å²) in [7, 11) is -1.99. The molecule has 238 valence electrons. The molecule has 5 atom stereocenters. The number of halogens is 1. The number of hydrogen-bond acceptors (Lipinski definition) is 6. The van der Waals surface area contributed by atoms with Gasteiger partial charge in [-0.1, -0.05) is 37.3 Å². The summed E-state index contributed by atoms with van der Waals surface area (Å²) in [5.74, 6) is -0.758. The van der Waals surface area contributed by atoms with Crippen LogP contribution in [0.25, 0.3) is 5.69 Å². The number of aliphatic hydroxyl groups excluding tert-OH is 1. The van der Waals surface area contributed by atoms with Crippen molar-refractivity contribution in [2.75, 3.05) is 25.2 Å². The number of fused-ring (bicyclic) bond motifs is 2. The standard InChI is InChI=1S/C34H40FN3O6Si/c1-22-31(45(3,4)35)29(19-30(40)36-16-8-12-25(36)21-39)44-34(22)26-13-5-6-14-27(26)38(33(34)42)20-23-10-7-11-24(18-23)37-17-9-15-28(43-2)32(37)41/h5-7,9-11,13-15,17-18,22,25,29,31,39H,8,12,16,19-21H2,1-4H3/t22-,25-,29+,31-,34+/m0/s1. The van der Waals surface area contributed by atoms with Crippen molar-refractivity contribution in [2.45, 2.75) is 69.1 Å². The van der Waals surface area contributed by atoms with E-state index in [1.165, 1.54) is 11.7 Å². The summed E-state index contributed by atoms with van der Waals surface area (Å²) in [6.45, 7) is 5.76. The number of para-hydroxylation sites is 1. The van der Waals surface area contributed by atoms with Crippen LogP contribution in [0.15, 0.2) is 71.7 Å². The van der Waals surface area contributed by atoms with Crippen LogP contribution in [0, 0.1) is 5.92 Å². The molecule has 11 heteroatoms. The minimum absolute atomic E-state index is 0.0413. The Morgan fingerprint density at radius 1 is 1.13 bits per heavy atom. The van der Waals surface area contributed by atoms with Gasteiger partial charge in [0.2, 0.25) is 14.3 Å². The zero-order chi connectivity index (χ0) is 32.1. The third kappa shape index (κ3) is 5.20. The number of carbonyl (C=O) groups is 2. The van der Waals surface area contributed by atoms with E-state index >= 15 is 4.11 Å². The van der Waals surface area contributed by atoms with Gasteiger partial charge in [-0.2, -0.15) is 0 Å². The van der Waals surface area contributed by atoms with Gasteiger partial charge in [-0.3, -0.25) is 19.0 Å². The number of amides is 2. The smallest absolute Gasteiger partial charge is 0.297 e. The van der Waals surface area contributed by atoms with Crippen LogP contribution in [-0.2, 0) is 26.5 Å². The van der Waals surface area contributed by atoms with Gasteiger partial charge in [0.05, 0.1) is 44.5 Å². The molecule has 3 aromatic rings. The quantitative estimate of drug-likeness (QED) is 0.289. The van der Waals surface area contributed by atoms with Crippen molar-refractivity contribution >= 4 is 25.9 Å². The number of aliphatic hydroxyl groups is 1. The van der Waals surface area contributed by atoms with Crippen LogP contribution in [0.5, 0.6) is 5.75 Å². The molecular weight excluding hydrogens is 593 g/mol. The van der Waals surface area contributed by atoms with Crippen LogP contribution in [0.2, 0.25) is 18.6 Å². The number of methoxy groups -OCH3 is 1. The number of ether oxygens (including phenoxy) is 2. The SMILES string of the molecule is COc1cccn(-c2cccc(CN3C(=O)[C@]4(O[C@H](CC(=O)N5CCC[C@H]5CO)[C@@H]([Si](C)(C)F)[C@@H]4C)c4ccccc43)c2)c1=O. The first-order chi connectivity index (χ1) is 21.5. The Hall–Kier alpha value is -3.80. The molecule has 9 nitrogen and oxygen atoms in total. The van der Waals surface area contributed by atoms with Gasteiger partial charge >= 0.3 is 0 Å². The highest BCUT2D eigenvalue weighted by molar-refractivity contribution is 6.72. The molecule has 3 aliphatic heterocycles. The van der Waals surface area contributed by atoms with E-state index in [4.69, 9.17) is 9.47 Å². The Morgan fingerprint density at radius 3 is 2.64 bits per heavy atom. The number of nitrogens with zero attached hydrogens (tertiary/aromatic N) is 3. The Labute approximate surface area is 263 Å². The average Bonchev–Trinajstić information content (AvgIpc) is 3.68. The zero-order valence-corrected chi connectivity index (χ0v) is 27.1. The lowest BCUT2D eigenvalue weighted by Crippen LogP contribution is -2.45. The minimum atomic E-state index is -3.44. The predicted molar refractivity (Wildman–Crippen MR) is 171 cm³/mol. The summed E-state index contributed by atoms with van der Waals surface area (Å²) in [5.41, 5.74) is 0.444. The highest BCUT2D eigenvalue weighted by atomic mass is 28.4. The van der Waals surface area contributed by atoms with E-state index in [2.05, 4.69) is 0 Å². The number of aromatic nitrogens is 1. The van der Waals surface area contributed by atoms with E-state index in [9.17, 15) is 19.5 Å². The average molecular weight is 634 g/mol. The molecule has 0 unspecified atom stereocenters. The zero-order valence-electron chi connectivity index (χ0n) is 26.1. The van der Waals surface area contributed by atoms with Crippen molar-refractivity contribution in [3.8, 4) is 11.4 Å². The molecule has 0 aliphatic carbocycles. The third-order valence-electron chi connectivity index (χ3n) is 9.81. The maximum atomic E-state index is 16.2. The van der Waals surface area contributed by atoms with E-state index in [1.54, 1.807) is 41.2 Å². The van der Waals surface area contributed by atoms with Gasteiger partial charge in [0.25, 0.3) is 11.5 Å². The number of carbonyl (C=O) groups excluding carboxylic acids is 2. The van der Waals surface area contributed by atoms with E-state index in [-0.39, 0.29) is 48.7 Å². The van der Waals surface area contributed by atoms with Crippen LogP contribution < -0.4 is 15.2 Å². The van der Waals surface area contributed by atoms with E-state index in [1.807, 2.05) is 55.5 Å². The van der Waals surface area contributed by atoms with Crippen LogP contribution >= 0.6 is 0 Å². The van der Waals surface area contributed by atoms with Crippen molar-refractivity contribution in [3.63, 3.8) is 0 Å². The number of benzene rings is 2. The van der Waals surface area contributed by atoms with Gasteiger partial charge in [-0.25, -0.2) is 0 Å². The topological polar surface area (TPSA) is 101 Å². The first-order valence-corrected chi connectivity index (χ1v) is 18.5. The molecule has 0 bridgehead atoms. The molecule has 2 amide bonds. The van der Waals surface area contributed by atoms with Crippen LogP contribution in [0.3, 0.4) is 0 Å². The molecule has 4 heterocycles. The van der Waals surface area contributed by atoms with Gasteiger partial charge in [0.15, 0.2) is 11.4 Å². The lowest BCUT2D eigenvalue weighted by Gasteiger charge is -2.31. The largest absolute Gasteiger partial charge is 0.491 e. The van der Waals surface area contributed by atoms with Crippen molar-refractivity contribution in [3.05, 3.63) is 88.3 Å². The molecule has 3 aliphatic rings. The number of anilines is 1. The lowest BCUT2D eigenvalue weighted by atomic mass is 9.82. The highest BCUT2D eigenvalue weighted by Gasteiger charge is 2.67. The molecule has 6 rings (SSSR count). The molecule has 0 radical (unpaired) electrons. The van der Waals surface area contributed by atoms with Crippen molar-refractivity contribution < 1.29 is 28.3 Å². The van der Waals surface area contributed by atoms with Gasteiger partial charge in [0.1, 0.15) is 0 Å². The fraction of sp³-hybridized carbons (Fsp3) is 0.441. The second-order valence-corrected chi connectivity index (χ2v) is 16.7. The lowest BCUT2D eigenvalue weighted by molar-refractivity contribution is -0.150. The minimum Gasteiger partial charge on any atom is -0.491 e. The molecular formula is C34H40FN3O6Si. The summed E-state index contributed by atoms with van der Waals surface area (Å²) in [6.07, 6.45) is 2.39. The summed E-state index contributed by atoms with van der Waals surface area (Å²) in [5, 5.41) is 9.80. The molecule has 0 saturated carbocycles. The fourth-order valence-corrected chi connectivity index (χ4v) is 10.3. The van der Waals surface area contributed by atoms with Gasteiger partial charge in [0, 0.05) is 35.5 Å². The second-order valence-electron chi connectivity index (χ2n) is 12.9. The molecule has 1 N–H and O–H groups in total. The monoisotopic (exact) mass is 633 g/mol. The van der Waals surface area contributed by atoms with E-state index in [0.717, 1.165) is 18.4 Å². The Morgan fingerprint density at radius 2 is 1.91 bits per heavy atom. The van der Waals surface area contributed by atoms with Gasteiger partial charge in [-0.05, 0) is 61.8 Å². The van der Waals surface area contributed by atoms with E-state index in [0.29, 0.717) is 23.5 Å². The molecule has 2 saturated heterocycles. The van der Waals surface area contributed by atoms with Crippen LogP contribution in [0.4, 0.5) is 9.80 Å². The van der Waals surface area contributed by atoms with Crippen molar-refractivity contribution in [1.29, 1.82) is 0 Å². The molecule has 2 aromatic carbocycles.